The molecule has 0 unspecified atom stereocenters. The van der Waals surface area contributed by atoms with Gasteiger partial charge in [-0.15, -0.1) is 16.8 Å². The molecule has 0 saturated carbocycles. The van der Waals surface area contributed by atoms with Crippen LogP contribution in [0, 0.1) is 19.7 Å². The summed E-state index contributed by atoms with van der Waals surface area (Å²) in [5.74, 6) is 0.543. The van der Waals surface area contributed by atoms with Crippen LogP contribution >= 0.6 is 11.8 Å². The van der Waals surface area contributed by atoms with E-state index in [-0.39, 0.29) is 23.9 Å². The fraction of sp³-hybridized carbons (Fsp3) is 0.348. The van der Waals surface area contributed by atoms with Crippen LogP contribution in [0.1, 0.15) is 47.5 Å². The zero-order chi connectivity index (χ0) is 22.5. The van der Waals surface area contributed by atoms with E-state index in [1.165, 1.54) is 17.8 Å². The molecule has 0 saturated heterocycles. The van der Waals surface area contributed by atoms with Gasteiger partial charge >= 0.3 is 0 Å². The number of carbonyl (C=O) groups is 1. The number of allylic oxidation sites excluding steroid dienone is 1. The van der Waals surface area contributed by atoms with Gasteiger partial charge in [0, 0.05) is 29.5 Å². The molecule has 31 heavy (non-hydrogen) atoms. The predicted molar refractivity (Wildman–Crippen MR) is 120 cm³/mol. The number of thioether (sulfide) groups is 1. The molecule has 3 rings (SSSR count). The standard InChI is InChI=1S/C23H27FN4O2S/c1-6-11-27-22(13-30-21-10-8-7-9-19(21)24)25-26-23(27)31-14-20(29)18-12-16(4)28(15(2)3)17(18)5/h6-10,12,15H,1,11,13-14H2,2-5H3. The second-order valence-electron chi connectivity index (χ2n) is 7.48. The van der Waals surface area contributed by atoms with E-state index >= 15 is 0 Å². The molecule has 0 fully saturated rings. The highest BCUT2D eigenvalue weighted by atomic mass is 32.2. The average molecular weight is 443 g/mol. The van der Waals surface area contributed by atoms with Gasteiger partial charge in [-0.25, -0.2) is 4.39 Å². The highest BCUT2D eigenvalue weighted by Gasteiger charge is 2.19. The van der Waals surface area contributed by atoms with Crippen LogP contribution in [0.2, 0.25) is 0 Å². The summed E-state index contributed by atoms with van der Waals surface area (Å²) in [6, 6.07) is 8.45. The Morgan fingerprint density at radius 1 is 1.29 bits per heavy atom. The molecule has 0 aliphatic heterocycles. The highest BCUT2D eigenvalue weighted by molar-refractivity contribution is 7.99. The lowest BCUT2D eigenvalue weighted by atomic mass is 10.2. The van der Waals surface area contributed by atoms with Crippen LogP contribution in [0.25, 0.3) is 0 Å². The summed E-state index contributed by atoms with van der Waals surface area (Å²) in [6.45, 7) is 12.5. The number of aryl methyl sites for hydroxylation is 1. The topological polar surface area (TPSA) is 61.9 Å². The van der Waals surface area contributed by atoms with E-state index in [9.17, 15) is 9.18 Å². The third-order valence-electron chi connectivity index (χ3n) is 4.93. The summed E-state index contributed by atoms with van der Waals surface area (Å²) in [5.41, 5.74) is 2.78. The lowest BCUT2D eigenvalue weighted by molar-refractivity contribution is 0.102. The van der Waals surface area contributed by atoms with Crippen molar-refractivity contribution >= 4 is 17.5 Å². The quantitative estimate of drug-likeness (QED) is 0.247. The third kappa shape index (κ3) is 5.07. The number of ether oxygens (including phenoxy) is 1. The van der Waals surface area contributed by atoms with Crippen molar-refractivity contribution in [3.8, 4) is 5.75 Å². The minimum Gasteiger partial charge on any atom is -0.483 e. The van der Waals surface area contributed by atoms with E-state index in [4.69, 9.17) is 4.74 Å². The Labute approximate surface area is 186 Å². The summed E-state index contributed by atoms with van der Waals surface area (Å²) in [5, 5.41) is 8.97. The monoisotopic (exact) mass is 442 g/mol. The summed E-state index contributed by atoms with van der Waals surface area (Å²) < 4.78 is 23.3. The summed E-state index contributed by atoms with van der Waals surface area (Å²) in [4.78, 5) is 12.9. The molecule has 0 bridgehead atoms. The second kappa shape index (κ2) is 9.96. The van der Waals surface area contributed by atoms with Gasteiger partial charge in [0.15, 0.2) is 28.3 Å². The molecule has 0 atom stereocenters. The maximum Gasteiger partial charge on any atom is 0.192 e. The smallest absolute Gasteiger partial charge is 0.192 e. The van der Waals surface area contributed by atoms with Crippen molar-refractivity contribution in [3.63, 3.8) is 0 Å². The molecule has 3 aromatic rings. The first kappa shape index (κ1) is 22.8. The minimum atomic E-state index is -0.434. The molecule has 0 aliphatic rings. The number of rotatable bonds is 10. The number of aromatic nitrogens is 4. The largest absolute Gasteiger partial charge is 0.483 e. The van der Waals surface area contributed by atoms with Gasteiger partial charge in [0.1, 0.15) is 6.61 Å². The fourth-order valence-corrected chi connectivity index (χ4v) is 4.46. The molecule has 0 aliphatic carbocycles. The van der Waals surface area contributed by atoms with Crippen molar-refractivity contribution in [2.45, 2.75) is 52.0 Å². The van der Waals surface area contributed by atoms with Gasteiger partial charge in [0.2, 0.25) is 0 Å². The lowest BCUT2D eigenvalue weighted by Gasteiger charge is -2.13. The average Bonchev–Trinajstić information content (AvgIpc) is 3.25. The van der Waals surface area contributed by atoms with Crippen LogP contribution in [-0.4, -0.2) is 30.9 Å². The zero-order valence-corrected chi connectivity index (χ0v) is 19.1. The first-order chi connectivity index (χ1) is 14.8. The summed E-state index contributed by atoms with van der Waals surface area (Å²) >= 11 is 1.32. The van der Waals surface area contributed by atoms with Crippen molar-refractivity contribution in [2.24, 2.45) is 0 Å². The number of Topliss-reactive ketones (excluding diaryl/α,β-unsaturated/α-hetero) is 1. The number of nitrogens with zero attached hydrogens (tertiary/aromatic N) is 4. The molecule has 8 heteroatoms. The zero-order valence-electron chi connectivity index (χ0n) is 18.3. The second-order valence-corrected chi connectivity index (χ2v) is 8.42. The Kier molecular flexibility index (Phi) is 7.33. The van der Waals surface area contributed by atoms with E-state index in [0.717, 1.165) is 17.0 Å². The highest BCUT2D eigenvalue weighted by Crippen LogP contribution is 2.24. The van der Waals surface area contributed by atoms with Crippen molar-refractivity contribution in [1.82, 2.24) is 19.3 Å². The third-order valence-corrected chi connectivity index (χ3v) is 5.90. The molecule has 2 aromatic heterocycles. The van der Waals surface area contributed by atoms with E-state index in [0.29, 0.717) is 23.6 Å². The van der Waals surface area contributed by atoms with Gasteiger partial charge in [0.25, 0.3) is 0 Å². The Morgan fingerprint density at radius 2 is 2.03 bits per heavy atom. The number of benzene rings is 1. The van der Waals surface area contributed by atoms with Crippen LogP contribution in [0.3, 0.4) is 0 Å². The Morgan fingerprint density at radius 3 is 2.68 bits per heavy atom. The van der Waals surface area contributed by atoms with E-state index in [2.05, 4.69) is 35.2 Å². The summed E-state index contributed by atoms with van der Waals surface area (Å²) in [7, 11) is 0. The van der Waals surface area contributed by atoms with Gasteiger partial charge in [-0.05, 0) is 45.9 Å². The van der Waals surface area contributed by atoms with Crippen molar-refractivity contribution in [2.75, 3.05) is 5.75 Å². The maximum absolute atomic E-state index is 13.8. The molecule has 6 nitrogen and oxygen atoms in total. The van der Waals surface area contributed by atoms with Gasteiger partial charge in [-0.3, -0.25) is 9.36 Å². The molecular formula is C23H27FN4O2S. The number of halogens is 1. The van der Waals surface area contributed by atoms with Crippen LogP contribution < -0.4 is 4.74 Å². The molecule has 0 N–H and O–H groups in total. The lowest BCUT2D eigenvalue weighted by Crippen LogP contribution is -2.10. The first-order valence-electron chi connectivity index (χ1n) is 10.1. The maximum atomic E-state index is 13.8. The predicted octanol–water partition coefficient (Wildman–Crippen LogP) is 5.16. The van der Waals surface area contributed by atoms with Crippen LogP contribution in [0.15, 0.2) is 48.1 Å². The number of hydrogen-bond acceptors (Lipinski definition) is 5. The molecule has 0 amide bonds. The number of carbonyl (C=O) groups excluding carboxylic acids is 1. The van der Waals surface area contributed by atoms with Crippen molar-refractivity contribution in [1.29, 1.82) is 0 Å². The summed E-state index contributed by atoms with van der Waals surface area (Å²) in [6.07, 6.45) is 1.72. The van der Waals surface area contributed by atoms with Crippen LogP contribution in [-0.2, 0) is 13.2 Å². The van der Waals surface area contributed by atoms with Crippen molar-refractivity contribution in [3.05, 3.63) is 71.6 Å². The SMILES string of the molecule is C=CCn1c(COc2ccccc2F)nnc1SCC(=O)c1cc(C)n(C(C)C)c1C. The van der Waals surface area contributed by atoms with E-state index in [1.54, 1.807) is 24.3 Å². The first-order valence-corrected chi connectivity index (χ1v) is 11.1. The van der Waals surface area contributed by atoms with Gasteiger partial charge in [-0.2, -0.15) is 0 Å². The van der Waals surface area contributed by atoms with Gasteiger partial charge < -0.3 is 9.30 Å². The van der Waals surface area contributed by atoms with E-state index in [1.807, 2.05) is 24.5 Å². The van der Waals surface area contributed by atoms with Crippen LogP contribution in [0.5, 0.6) is 5.75 Å². The Hall–Kier alpha value is -2.87. The molecule has 1 aromatic carbocycles. The Balaban J connectivity index is 1.72. The molecular weight excluding hydrogens is 415 g/mol. The fourth-order valence-electron chi connectivity index (χ4n) is 3.61. The van der Waals surface area contributed by atoms with Gasteiger partial charge in [0.05, 0.1) is 5.75 Å². The van der Waals surface area contributed by atoms with Gasteiger partial charge in [-0.1, -0.05) is 30.0 Å². The minimum absolute atomic E-state index is 0.0438. The normalized spacial score (nSPS) is 11.2. The molecule has 164 valence electrons. The van der Waals surface area contributed by atoms with Crippen molar-refractivity contribution < 1.29 is 13.9 Å². The molecule has 0 spiro atoms. The number of hydrogen-bond donors (Lipinski definition) is 0. The van der Waals surface area contributed by atoms with Crippen LogP contribution in [0.4, 0.5) is 4.39 Å². The number of para-hydroxylation sites is 1. The number of ketones is 1. The Bertz CT molecular complexity index is 1090. The van der Waals surface area contributed by atoms with E-state index < -0.39 is 5.82 Å². The molecule has 0 radical (unpaired) electrons. The molecule has 2 heterocycles.